The third-order valence-electron chi connectivity index (χ3n) is 4.41. The van der Waals surface area contributed by atoms with Gasteiger partial charge in [0.15, 0.2) is 0 Å². The standard InChI is InChI=1S/C18H35N3O4/c1-7-13(2)15(20-17(23)25-18(4,5)6)16(22)19-12-14(3)21-8-10-24-11-9-21/h13-15H,7-12H2,1-6H3,(H,19,22)(H,20,23)/t13-,14?,15?/m0/s1. The largest absolute Gasteiger partial charge is 0.444 e. The van der Waals surface area contributed by atoms with Crippen LogP contribution in [0.5, 0.6) is 0 Å². The van der Waals surface area contributed by atoms with E-state index in [-0.39, 0.29) is 17.9 Å². The van der Waals surface area contributed by atoms with Crippen molar-refractivity contribution in [2.45, 2.75) is 65.6 Å². The van der Waals surface area contributed by atoms with Crippen molar-refractivity contribution < 1.29 is 19.1 Å². The predicted molar refractivity (Wildman–Crippen MR) is 97.5 cm³/mol. The first-order valence-corrected chi connectivity index (χ1v) is 9.23. The second kappa shape index (κ2) is 9.97. The maximum absolute atomic E-state index is 12.6. The molecule has 2 unspecified atom stereocenters. The Labute approximate surface area is 151 Å². The predicted octanol–water partition coefficient (Wildman–Crippen LogP) is 1.76. The molecule has 0 bridgehead atoms. The van der Waals surface area contributed by atoms with E-state index < -0.39 is 17.7 Å². The van der Waals surface area contributed by atoms with E-state index in [1.165, 1.54) is 0 Å². The van der Waals surface area contributed by atoms with Gasteiger partial charge in [-0.15, -0.1) is 0 Å². The van der Waals surface area contributed by atoms with E-state index in [4.69, 9.17) is 9.47 Å². The van der Waals surface area contributed by atoms with Gasteiger partial charge in [0.05, 0.1) is 13.2 Å². The van der Waals surface area contributed by atoms with E-state index in [1.54, 1.807) is 20.8 Å². The number of carbonyl (C=O) groups is 2. The zero-order valence-electron chi connectivity index (χ0n) is 16.6. The SMILES string of the molecule is CC[C@H](C)C(NC(=O)OC(C)(C)C)C(=O)NCC(C)N1CCOCC1. The van der Waals surface area contributed by atoms with E-state index in [2.05, 4.69) is 22.5 Å². The maximum atomic E-state index is 12.6. The number of hydrogen-bond donors (Lipinski definition) is 2. The van der Waals surface area contributed by atoms with Crippen LogP contribution in [0.3, 0.4) is 0 Å². The van der Waals surface area contributed by atoms with Gasteiger partial charge in [-0.1, -0.05) is 20.3 Å². The van der Waals surface area contributed by atoms with Crippen molar-refractivity contribution in [2.75, 3.05) is 32.8 Å². The molecule has 1 saturated heterocycles. The number of ether oxygens (including phenoxy) is 2. The number of morpholine rings is 1. The van der Waals surface area contributed by atoms with Gasteiger partial charge in [0, 0.05) is 25.7 Å². The topological polar surface area (TPSA) is 79.9 Å². The minimum Gasteiger partial charge on any atom is -0.444 e. The lowest BCUT2D eigenvalue weighted by molar-refractivity contribution is -0.124. The number of hydrogen-bond acceptors (Lipinski definition) is 5. The summed E-state index contributed by atoms with van der Waals surface area (Å²) in [4.78, 5) is 26.9. The summed E-state index contributed by atoms with van der Waals surface area (Å²) in [7, 11) is 0. The van der Waals surface area contributed by atoms with Gasteiger partial charge < -0.3 is 20.1 Å². The van der Waals surface area contributed by atoms with Gasteiger partial charge in [-0.05, 0) is 33.6 Å². The molecule has 1 rings (SSSR count). The van der Waals surface area contributed by atoms with Crippen LogP contribution in [0.25, 0.3) is 0 Å². The van der Waals surface area contributed by atoms with Crippen LogP contribution in [-0.2, 0) is 14.3 Å². The maximum Gasteiger partial charge on any atom is 0.408 e. The summed E-state index contributed by atoms with van der Waals surface area (Å²) in [5, 5.41) is 5.69. The Morgan fingerprint density at radius 2 is 1.80 bits per heavy atom. The Balaban J connectivity index is 2.56. The van der Waals surface area contributed by atoms with Crippen LogP contribution < -0.4 is 10.6 Å². The first-order valence-electron chi connectivity index (χ1n) is 9.23. The molecular weight excluding hydrogens is 322 g/mol. The fourth-order valence-electron chi connectivity index (χ4n) is 2.64. The van der Waals surface area contributed by atoms with Crippen molar-refractivity contribution >= 4 is 12.0 Å². The molecule has 2 N–H and O–H groups in total. The van der Waals surface area contributed by atoms with Crippen molar-refractivity contribution in [3.63, 3.8) is 0 Å². The minimum atomic E-state index is -0.600. The molecule has 1 heterocycles. The van der Waals surface area contributed by atoms with E-state index in [0.29, 0.717) is 6.54 Å². The van der Waals surface area contributed by atoms with Crippen molar-refractivity contribution in [3.8, 4) is 0 Å². The first kappa shape index (κ1) is 21.7. The van der Waals surface area contributed by atoms with Crippen LogP contribution in [0.4, 0.5) is 4.79 Å². The molecule has 2 amide bonds. The van der Waals surface area contributed by atoms with E-state index >= 15 is 0 Å². The normalized spacial score (nSPS) is 19.6. The van der Waals surface area contributed by atoms with Gasteiger partial charge in [0.2, 0.25) is 5.91 Å². The number of amides is 2. The Hall–Kier alpha value is -1.34. The van der Waals surface area contributed by atoms with Crippen molar-refractivity contribution in [3.05, 3.63) is 0 Å². The second-order valence-electron chi connectivity index (χ2n) is 7.75. The van der Waals surface area contributed by atoms with Crippen molar-refractivity contribution in [1.82, 2.24) is 15.5 Å². The average Bonchev–Trinajstić information content (AvgIpc) is 2.55. The molecule has 0 saturated carbocycles. The van der Waals surface area contributed by atoms with Gasteiger partial charge in [-0.3, -0.25) is 9.69 Å². The molecule has 1 fully saturated rings. The molecule has 7 heteroatoms. The molecule has 25 heavy (non-hydrogen) atoms. The van der Waals surface area contributed by atoms with Crippen LogP contribution in [0, 0.1) is 5.92 Å². The summed E-state index contributed by atoms with van der Waals surface area (Å²) in [6.45, 7) is 15.2. The van der Waals surface area contributed by atoms with Crippen LogP contribution in [0.15, 0.2) is 0 Å². The highest BCUT2D eigenvalue weighted by molar-refractivity contribution is 5.86. The molecular formula is C18H35N3O4. The van der Waals surface area contributed by atoms with Gasteiger partial charge in [-0.25, -0.2) is 4.79 Å². The van der Waals surface area contributed by atoms with Gasteiger partial charge in [0.1, 0.15) is 11.6 Å². The fourth-order valence-corrected chi connectivity index (χ4v) is 2.64. The number of carbonyl (C=O) groups excluding carboxylic acids is 2. The van der Waals surface area contributed by atoms with Crippen molar-refractivity contribution in [2.24, 2.45) is 5.92 Å². The lowest BCUT2D eigenvalue weighted by Gasteiger charge is -2.33. The van der Waals surface area contributed by atoms with Crippen LogP contribution in [0.2, 0.25) is 0 Å². The summed E-state index contributed by atoms with van der Waals surface area (Å²) in [5.74, 6) is -0.147. The van der Waals surface area contributed by atoms with E-state index in [0.717, 1.165) is 32.7 Å². The monoisotopic (exact) mass is 357 g/mol. The Morgan fingerprint density at radius 3 is 2.32 bits per heavy atom. The molecule has 0 radical (unpaired) electrons. The summed E-state index contributed by atoms with van der Waals surface area (Å²) in [6.07, 6.45) is 0.224. The summed E-state index contributed by atoms with van der Waals surface area (Å²) < 4.78 is 10.6. The van der Waals surface area contributed by atoms with Crippen LogP contribution in [0.1, 0.15) is 48.0 Å². The highest BCUT2D eigenvalue weighted by Crippen LogP contribution is 2.11. The van der Waals surface area contributed by atoms with Gasteiger partial charge >= 0.3 is 6.09 Å². The zero-order chi connectivity index (χ0) is 19.0. The van der Waals surface area contributed by atoms with E-state index in [1.807, 2.05) is 13.8 Å². The summed E-state index contributed by atoms with van der Waals surface area (Å²) in [5.41, 5.74) is -0.592. The average molecular weight is 357 g/mol. The summed E-state index contributed by atoms with van der Waals surface area (Å²) >= 11 is 0. The highest BCUT2D eigenvalue weighted by Gasteiger charge is 2.28. The minimum absolute atomic E-state index is 0.0196. The zero-order valence-corrected chi connectivity index (χ0v) is 16.6. The molecule has 0 spiro atoms. The third kappa shape index (κ3) is 8.05. The molecule has 3 atom stereocenters. The number of rotatable bonds is 7. The van der Waals surface area contributed by atoms with Gasteiger partial charge in [0.25, 0.3) is 0 Å². The molecule has 1 aliphatic heterocycles. The second-order valence-corrected chi connectivity index (χ2v) is 7.75. The molecule has 0 aliphatic carbocycles. The van der Waals surface area contributed by atoms with Crippen molar-refractivity contribution in [1.29, 1.82) is 0 Å². The smallest absolute Gasteiger partial charge is 0.408 e. The van der Waals surface area contributed by atoms with Crippen LogP contribution >= 0.6 is 0 Å². The Kier molecular flexibility index (Phi) is 8.65. The summed E-state index contributed by atoms with van der Waals surface area (Å²) in [6, 6.07) is -0.372. The molecule has 1 aliphatic rings. The van der Waals surface area contributed by atoms with E-state index in [9.17, 15) is 9.59 Å². The molecule has 0 aromatic rings. The molecule has 7 nitrogen and oxygen atoms in total. The fraction of sp³-hybridized carbons (Fsp3) is 0.889. The lowest BCUT2D eigenvalue weighted by Crippen LogP contribution is -2.54. The quantitative estimate of drug-likeness (QED) is 0.726. The lowest BCUT2D eigenvalue weighted by atomic mass is 9.98. The molecule has 0 aromatic heterocycles. The highest BCUT2D eigenvalue weighted by atomic mass is 16.6. The molecule has 146 valence electrons. The number of nitrogens with one attached hydrogen (secondary N) is 2. The Bertz CT molecular complexity index is 431. The number of alkyl carbamates (subject to hydrolysis) is 1. The van der Waals surface area contributed by atoms with Gasteiger partial charge in [-0.2, -0.15) is 0 Å². The third-order valence-corrected chi connectivity index (χ3v) is 4.41. The Morgan fingerprint density at radius 1 is 1.20 bits per heavy atom. The van der Waals surface area contributed by atoms with Crippen LogP contribution in [-0.4, -0.2) is 67.4 Å². The number of nitrogens with zero attached hydrogens (tertiary/aromatic N) is 1. The first-order chi connectivity index (χ1) is 11.6. The molecule has 0 aromatic carbocycles.